The zero-order valence-corrected chi connectivity index (χ0v) is 22.6. The summed E-state index contributed by atoms with van der Waals surface area (Å²) in [4.78, 5) is 27.4. The van der Waals surface area contributed by atoms with Crippen molar-refractivity contribution in [1.82, 2.24) is 19.9 Å². The number of hydrogen-bond donors (Lipinski definition) is 1. The molecule has 1 fully saturated rings. The number of anilines is 1. The molecule has 2 aromatic heterocycles. The molecule has 1 aliphatic rings. The number of likely N-dealkylation sites (tertiary alicyclic amines) is 1. The van der Waals surface area contributed by atoms with Gasteiger partial charge in [-0.1, -0.05) is 47.5 Å². The Balaban J connectivity index is 1.27. The zero-order valence-electron chi connectivity index (χ0n) is 21.1. The Labute approximate surface area is 239 Å². The fourth-order valence-corrected chi connectivity index (χ4v) is 5.08. The predicted octanol–water partition coefficient (Wildman–Crippen LogP) is 7.50. The van der Waals surface area contributed by atoms with Crippen LogP contribution in [-0.2, 0) is 12.7 Å². The number of pyridine rings is 1. The van der Waals surface area contributed by atoms with E-state index >= 15 is 0 Å². The van der Waals surface area contributed by atoms with Gasteiger partial charge in [-0.25, -0.2) is 15.0 Å². The molecule has 40 heavy (non-hydrogen) atoms. The van der Waals surface area contributed by atoms with Crippen LogP contribution >= 0.6 is 23.2 Å². The van der Waals surface area contributed by atoms with Crippen LogP contribution in [0.1, 0.15) is 45.8 Å². The minimum Gasteiger partial charge on any atom is -0.322 e. The number of hydrogen-bond acceptors (Lipinski definition) is 5. The van der Waals surface area contributed by atoms with Crippen LogP contribution in [0.3, 0.4) is 0 Å². The molecule has 4 aromatic rings. The summed E-state index contributed by atoms with van der Waals surface area (Å²) in [7, 11) is 0. The van der Waals surface area contributed by atoms with E-state index < -0.39 is 17.6 Å². The van der Waals surface area contributed by atoms with Crippen molar-refractivity contribution >= 4 is 34.8 Å². The number of carbonyl (C=O) groups is 1. The molecule has 5 rings (SSSR count). The average Bonchev–Trinajstić information content (AvgIpc) is 2.94. The van der Waals surface area contributed by atoms with Crippen molar-refractivity contribution in [3.63, 3.8) is 0 Å². The minimum absolute atomic E-state index is 0.140. The van der Waals surface area contributed by atoms with Crippen molar-refractivity contribution in [3.05, 3.63) is 106 Å². The largest absolute Gasteiger partial charge is 0.416 e. The number of alkyl halides is 3. The quantitative estimate of drug-likeness (QED) is 0.237. The number of amides is 1. The summed E-state index contributed by atoms with van der Waals surface area (Å²) in [5, 5.41) is 3.41. The summed E-state index contributed by atoms with van der Waals surface area (Å²) in [6, 6.07) is 14.3. The second-order valence-corrected chi connectivity index (χ2v) is 10.4. The van der Waals surface area contributed by atoms with Gasteiger partial charge in [-0.05, 0) is 73.3 Å². The molecule has 3 heterocycles. The van der Waals surface area contributed by atoms with Crippen LogP contribution in [0.15, 0.2) is 73.2 Å². The van der Waals surface area contributed by atoms with E-state index in [2.05, 4.69) is 25.2 Å². The molecule has 6 nitrogen and oxygen atoms in total. The van der Waals surface area contributed by atoms with Gasteiger partial charge in [0.15, 0.2) is 5.82 Å². The molecule has 0 radical (unpaired) electrons. The molecule has 0 saturated carbocycles. The first-order valence-corrected chi connectivity index (χ1v) is 13.3. The van der Waals surface area contributed by atoms with Gasteiger partial charge in [0.1, 0.15) is 5.15 Å². The molecule has 1 amide bonds. The van der Waals surface area contributed by atoms with Crippen molar-refractivity contribution < 1.29 is 18.0 Å². The van der Waals surface area contributed by atoms with Gasteiger partial charge in [-0.15, -0.1) is 0 Å². The lowest BCUT2D eigenvalue weighted by Crippen LogP contribution is -2.32. The van der Waals surface area contributed by atoms with Crippen LogP contribution in [0.2, 0.25) is 10.2 Å². The van der Waals surface area contributed by atoms with E-state index in [4.69, 9.17) is 23.2 Å². The number of piperidine rings is 1. The fourth-order valence-electron chi connectivity index (χ4n) is 4.81. The molecular weight excluding hydrogens is 562 g/mol. The second kappa shape index (κ2) is 11.9. The molecule has 0 aliphatic carbocycles. The van der Waals surface area contributed by atoms with Gasteiger partial charge >= 0.3 is 6.18 Å². The molecule has 1 saturated heterocycles. The Bertz CT molecular complexity index is 1490. The van der Waals surface area contributed by atoms with Crippen LogP contribution < -0.4 is 5.32 Å². The Hall–Kier alpha value is -3.53. The van der Waals surface area contributed by atoms with Crippen LogP contribution in [0.5, 0.6) is 0 Å². The Morgan fingerprint density at radius 1 is 0.950 bits per heavy atom. The van der Waals surface area contributed by atoms with Crippen LogP contribution in [-0.4, -0.2) is 38.8 Å². The number of benzene rings is 2. The number of aromatic nitrogens is 3. The fraction of sp³-hybridized carbons (Fsp3) is 0.241. The van der Waals surface area contributed by atoms with Crippen LogP contribution in [0.25, 0.3) is 11.4 Å². The first kappa shape index (κ1) is 28.0. The van der Waals surface area contributed by atoms with Gasteiger partial charge in [0, 0.05) is 41.9 Å². The minimum atomic E-state index is -4.49. The topological polar surface area (TPSA) is 71.0 Å². The van der Waals surface area contributed by atoms with Crippen molar-refractivity contribution in [2.45, 2.75) is 31.5 Å². The highest BCUT2D eigenvalue weighted by Gasteiger charge is 2.33. The molecule has 1 aliphatic heterocycles. The molecule has 0 unspecified atom stereocenters. The molecule has 0 spiro atoms. The summed E-state index contributed by atoms with van der Waals surface area (Å²) in [5.41, 5.74) is 2.38. The van der Waals surface area contributed by atoms with Crippen molar-refractivity contribution in [2.75, 3.05) is 18.4 Å². The van der Waals surface area contributed by atoms with Gasteiger partial charge < -0.3 is 5.32 Å². The number of nitrogens with one attached hydrogen (secondary N) is 1. The summed E-state index contributed by atoms with van der Waals surface area (Å²) in [6.45, 7) is 2.12. The van der Waals surface area contributed by atoms with Crippen molar-refractivity contribution in [3.8, 4) is 11.4 Å². The van der Waals surface area contributed by atoms with Gasteiger partial charge in [0.2, 0.25) is 0 Å². The third-order valence-corrected chi connectivity index (χ3v) is 7.28. The molecule has 11 heteroatoms. The van der Waals surface area contributed by atoms with E-state index in [0.29, 0.717) is 54.6 Å². The van der Waals surface area contributed by atoms with E-state index in [1.54, 1.807) is 12.4 Å². The van der Waals surface area contributed by atoms with Crippen LogP contribution in [0.4, 0.5) is 18.9 Å². The van der Waals surface area contributed by atoms with Gasteiger partial charge in [0.05, 0.1) is 10.6 Å². The predicted molar refractivity (Wildman–Crippen MR) is 148 cm³/mol. The summed E-state index contributed by atoms with van der Waals surface area (Å²) in [5.74, 6) is -0.0118. The lowest BCUT2D eigenvalue weighted by molar-refractivity contribution is -0.137. The van der Waals surface area contributed by atoms with Gasteiger partial charge in [-0.3, -0.25) is 9.69 Å². The van der Waals surface area contributed by atoms with Crippen molar-refractivity contribution in [2.24, 2.45) is 0 Å². The molecule has 0 atom stereocenters. The molecule has 1 N–H and O–H groups in total. The summed E-state index contributed by atoms with van der Waals surface area (Å²) < 4.78 is 40.7. The lowest BCUT2D eigenvalue weighted by atomic mass is 9.87. The Kier molecular flexibility index (Phi) is 8.35. The molecule has 2 aromatic carbocycles. The number of halogens is 5. The first-order chi connectivity index (χ1) is 19.2. The summed E-state index contributed by atoms with van der Waals surface area (Å²) in [6.07, 6.45) is 1.33. The van der Waals surface area contributed by atoms with Gasteiger partial charge in [0.25, 0.3) is 5.91 Å². The Morgan fingerprint density at radius 3 is 2.30 bits per heavy atom. The maximum atomic E-state index is 13.6. The smallest absolute Gasteiger partial charge is 0.322 e. The first-order valence-electron chi connectivity index (χ1n) is 12.6. The maximum absolute atomic E-state index is 13.6. The van der Waals surface area contributed by atoms with E-state index in [-0.39, 0.29) is 16.6 Å². The van der Waals surface area contributed by atoms with E-state index in [1.807, 2.05) is 24.3 Å². The highest BCUT2D eigenvalue weighted by molar-refractivity contribution is 6.30. The standard InChI is InChI=1S/C29H24Cl2F3N5O/c30-23-15-36-27(37-16-23)20-3-1-18(2-4-20)17-39-11-8-19(9-12-39)24-14-22(29(32,33)34)5-6-25(24)38-28(40)21-7-10-35-26(31)13-21/h1-7,10,13-16,19H,8-9,11-12,17H2,(H,38,40). The number of carbonyl (C=O) groups excluding carboxylic acids is 1. The number of nitrogens with zero attached hydrogens (tertiary/aromatic N) is 4. The SMILES string of the molecule is O=C(Nc1ccc(C(F)(F)F)cc1C1CCN(Cc2ccc(-c3ncc(Cl)cn3)cc2)CC1)c1ccnc(Cl)c1. The third-order valence-electron chi connectivity index (χ3n) is 6.88. The zero-order chi connectivity index (χ0) is 28.3. The van der Waals surface area contributed by atoms with Crippen LogP contribution in [0, 0.1) is 0 Å². The van der Waals surface area contributed by atoms with E-state index in [1.165, 1.54) is 24.4 Å². The van der Waals surface area contributed by atoms with Crippen molar-refractivity contribution in [1.29, 1.82) is 0 Å². The lowest BCUT2D eigenvalue weighted by Gasteiger charge is -2.33. The molecule has 0 bridgehead atoms. The highest BCUT2D eigenvalue weighted by Crippen LogP contribution is 2.38. The molecular formula is C29H24Cl2F3N5O. The number of rotatable bonds is 6. The average molecular weight is 586 g/mol. The monoisotopic (exact) mass is 585 g/mol. The maximum Gasteiger partial charge on any atom is 0.416 e. The second-order valence-electron chi connectivity index (χ2n) is 9.59. The van der Waals surface area contributed by atoms with E-state index in [0.717, 1.165) is 23.3 Å². The third kappa shape index (κ3) is 6.78. The Morgan fingerprint density at radius 2 is 1.65 bits per heavy atom. The van der Waals surface area contributed by atoms with E-state index in [9.17, 15) is 18.0 Å². The summed E-state index contributed by atoms with van der Waals surface area (Å²) >= 11 is 11.8. The highest BCUT2D eigenvalue weighted by atomic mass is 35.5. The normalized spacial score (nSPS) is 14.7. The molecule has 206 valence electrons. The van der Waals surface area contributed by atoms with Gasteiger partial charge in [-0.2, -0.15) is 13.2 Å².